The third-order valence-corrected chi connectivity index (χ3v) is 4.01. The number of carboxylic acid groups (broad SMARTS) is 1. The first-order valence-electron chi connectivity index (χ1n) is 6.50. The summed E-state index contributed by atoms with van der Waals surface area (Å²) < 4.78 is 0. The molecule has 3 rings (SSSR count). The van der Waals surface area contributed by atoms with Gasteiger partial charge in [0, 0.05) is 10.3 Å². The smallest absolute Gasteiger partial charge is 0.336 e. The highest BCUT2D eigenvalue weighted by molar-refractivity contribution is 7.10. The first-order valence-corrected chi connectivity index (χ1v) is 7.38. The SMILES string of the molecule is Cc1ccc2nc(/C=C/c3cccs3)cc(C(=O)O)c2c1. The van der Waals surface area contributed by atoms with E-state index in [1.165, 1.54) is 0 Å². The van der Waals surface area contributed by atoms with Crippen molar-refractivity contribution in [3.05, 3.63) is 63.5 Å². The van der Waals surface area contributed by atoms with Crippen molar-refractivity contribution in [3.63, 3.8) is 0 Å². The van der Waals surface area contributed by atoms with Crippen molar-refractivity contribution in [2.24, 2.45) is 0 Å². The van der Waals surface area contributed by atoms with Gasteiger partial charge in [-0.05, 0) is 48.7 Å². The Kier molecular flexibility index (Phi) is 3.54. The molecule has 21 heavy (non-hydrogen) atoms. The fraction of sp³-hybridized carbons (Fsp3) is 0.0588. The van der Waals surface area contributed by atoms with Crippen LogP contribution < -0.4 is 0 Å². The van der Waals surface area contributed by atoms with Crippen LogP contribution in [-0.4, -0.2) is 16.1 Å². The van der Waals surface area contributed by atoms with Crippen LogP contribution in [0.5, 0.6) is 0 Å². The molecule has 1 aromatic carbocycles. The summed E-state index contributed by atoms with van der Waals surface area (Å²) in [5.41, 5.74) is 2.66. The van der Waals surface area contributed by atoms with Gasteiger partial charge in [-0.25, -0.2) is 9.78 Å². The number of benzene rings is 1. The Labute approximate surface area is 126 Å². The zero-order valence-electron chi connectivity index (χ0n) is 11.4. The van der Waals surface area contributed by atoms with E-state index in [0.29, 0.717) is 16.6 Å². The Morgan fingerprint density at radius 1 is 1.24 bits per heavy atom. The number of aromatic carboxylic acids is 1. The minimum atomic E-state index is -0.932. The van der Waals surface area contributed by atoms with Crippen molar-refractivity contribution in [1.29, 1.82) is 0 Å². The van der Waals surface area contributed by atoms with Gasteiger partial charge in [-0.3, -0.25) is 0 Å². The average Bonchev–Trinajstić information content (AvgIpc) is 2.97. The van der Waals surface area contributed by atoms with Crippen molar-refractivity contribution < 1.29 is 9.90 Å². The highest BCUT2D eigenvalue weighted by Crippen LogP contribution is 2.21. The Morgan fingerprint density at radius 3 is 2.81 bits per heavy atom. The maximum absolute atomic E-state index is 11.5. The van der Waals surface area contributed by atoms with Crippen LogP contribution >= 0.6 is 11.3 Å². The monoisotopic (exact) mass is 295 g/mol. The molecule has 0 spiro atoms. The summed E-state index contributed by atoms with van der Waals surface area (Å²) >= 11 is 1.63. The van der Waals surface area contributed by atoms with Crippen LogP contribution in [0.3, 0.4) is 0 Å². The molecule has 0 aliphatic carbocycles. The summed E-state index contributed by atoms with van der Waals surface area (Å²) in [6.07, 6.45) is 3.79. The molecule has 4 heteroatoms. The minimum absolute atomic E-state index is 0.287. The predicted octanol–water partition coefficient (Wildman–Crippen LogP) is 4.47. The lowest BCUT2D eigenvalue weighted by molar-refractivity contribution is 0.0699. The van der Waals surface area contributed by atoms with Crippen LogP contribution in [0.2, 0.25) is 0 Å². The van der Waals surface area contributed by atoms with Crippen molar-refractivity contribution >= 4 is 40.4 Å². The van der Waals surface area contributed by atoms with Gasteiger partial charge >= 0.3 is 5.97 Å². The van der Waals surface area contributed by atoms with Crippen molar-refractivity contribution in [2.75, 3.05) is 0 Å². The van der Waals surface area contributed by atoms with E-state index in [9.17, 15) is 9.90 Å². The van der Waals surface area contributed by atoms with Crippen LogP contribution in [0.4, 0.5) is 0 Å². The van der Waals surface area contributed by atoms with E-state index in [1.54, 1.807) is 17.4 Å². The molecular formula is C17H13NO2S. The quantitative estimate of drug-likeness (QED) is 0.775. The molecule has 2 aromatic heterocycles. The third-order valence-electron chi connectivity index (χ3n) is 3.18. The number of pyridine rings is 1. The summed E-state index contributed by atoms with van der Waals surface area (Å²) in [4.78, 5) is 17.1. The average molecular weight is 295 g/mol. The second-order valence-corrected chi connectivity index (χ2v) is 5.75. The van der Waals surface area contributed by atoms with Gasteiger partial charge < -0.3 is 5.11 Å². The Morgan fingerprint density at radius 2 is 2.10 bits per heavy atom. The number of carboxylic acids is 1. The third kappa shape index (κ3) is 2.85. The van der Waals surface area contributed by atoms with Crippen molar-refractivity contribution in [1.82, 2.24) is 4.98 Å². The van der Waals surface area contributed by atoms with E-state index in [4.69, 9.17) is 0 Å². The molecule has 0 bridgehead atoms. The number of hydrogen-bond acceptors (Lipinski definition) is 3. The molecule has 1 N–H and O–H groups in total. The van der Waals surface area contributed by atoms with Gasteiger partial charge in [0.2, 0.25) is 0 Å². The van der Waals surface area contributed by atoms with Crippen molar-refractivity contribution in [2.45, 2.75) is 6.92 Å². The number of fused-ring (bicyclic) bond motifs is 1. The molecule has 0 amide bonds. The van der Waals surface area contributed by atoms with Gasteiger partial charge in [-0.1, -0.05) is 17.7 Å². The van der Waals surface area contributed by atoms with Gasteiger partial charge in [0.15, 0.2) is 0 Å². The molecule has 3 aromatic rings. The van der Waals surface area contributed by atoms with Crippen LogP contribution in [-0.2, 0) is 0 Å². The van der Waals surface area contributed by atoms with E-state index in [2.05, 4.69) is 4.98 Å². The van der Waals surface area contributed by atoms with E-state index in [0.717, 1.165) is 10.4 Å². The maximum atomic E-state index is 11.5. The normalized spacial score (nSPS) is 11.3. The molecule has 2 heterocycles. The highest BCUT2D eigenvalue weighted by Gasteiger charge is 2.11. The molecule has 0 aliphatic rings. The van der Waals surface area contributed by atoms with Crippen LogP contribution in [0, 0.1) is 6.92 Å². The predicted molar refractivity (Wildman–Crippen MR) is 86.7 cm³/mol. The summed E-state index contributed by atoms with van der Waals surface area (Å²) in [6.45, 7) is 1.94. The zero-order valence-corrected chi connectivity index (χ0v) is 12.2. The Balaban J connectivity index is 2.12. The Bertz CT molecular complexity index is 835. The fourth-order valence-corrected chi connectivity index (χ4v) is 2.79. The zero-order chi connectivity index (χ0) is 14.8. The second kappa shape index (κ2) is 5.50. The Hall–Kier alpha value is -2.46. The van der Waals surface area contributed by atoms with E-state index in [-0.39, 0.29) is 5.56 Å². The largest absolute Gasteiger partial charge is 0.478 e. The first-order chi connectivity index (χ1) is 10.1. The van der Waals surface area contributed by atoms with E-state index < -0.39 is 5.97 Å². The summed E-state index contributed by atoms with van der Waals surface area (Å²) in [6, 6.07) is 11.3. The molecule has 0 unspecified atom stereocenters. The number of nitrogens with zero attached hydrogens (tertiary/aromatic N) is 1. The maximum Gasteiger partial charge on any atom is 0.336 e. The lowest BCUT2D eigenvalue weighted by atomic mass is 10.1. The highest BCUT2D eigenvalue weighted by atomic mass is 32.1. The molecule has 0 aliphatic heterocycles. The first kappa shape index (κ1) is 13.5. The molecule has 0 atom stereocenters. The molecule has 0 fully saturated rings. The molecular weight excluding hydrogens is 282 g/mol. The molecule has 0 saturated carbocycles. The molecule has 0 radical (unpaired) electrons. The lowest BCUT2D eigenvalue weighted by Crippen LogP contribution is -2.00. The van der Waals surface area contributed by atoms with Gasteiger partial charge in [0.25, 0.3) is 0 Å². The number of thiophene rings is 1. The molecule has 3 nitrogen and oxygen atoms in total. The number of aryl methyl sites for hydroxylation is 1. The summed E-state index contributed by atoms with van der Waals surface area (Å²) in [7, 11) is 0. The van der Waals surface area contributed by atoms with E-state index in [1.807, 2.05) is 54.8 Å². The van der Waals surface area contributed by atoms with Gasteiger partial charge in [-0.2, -0.15) is 0 Å². The topological polar surface area (TPSA) is 50.2 Å². The van der Waals surface area contributed by atoms with Crippen LogP contribution in [0.1, 0.15) is 26.5 Å². The lowest BCUT2D eigenvalue weighted by Gasteiger charge is -2.05. The van der Waals surface area contributed by atoms with Crippen LogP contribution in [0.15, 0.2) is 41.8 Å². The number of rotatable bonds is 3. The number of carbonyl (C=O) groups is 1. The second-order valence-electron chi connectivity index (χ2n) is 4.77. The summed E-state index contributed by atoms with van der Waals surface area (Å²) in [5, 5.41) is 12.1. The van der Waals surface area contributed by atoms with Crippen LogP contribution in [0.25, 0.3) is 23.1 Å². The minimum Gasteiger partial charge on any atom is -0.478 e. The summed E-state index contributed by atoms with van der Waals surface area (Å²) in [5.74, 6) is -0.932. The van der Waals surface area contributed by atoms with Gasteiger partial charge in [-0.15, -0.1) is 11.3 Å². The number of aromatic nitrogens is 1. The van der Waals surface area contributed by atoms with Crippen molar-refractivity contribution in [3.8, 4) is 0 Å². The standard InChI is InChI=1S/C17H13NO2S/c1-11-4-7-16-14(9-11)15(17(19)20)10-12(18-16)5-6-13-3-2-8-21-13/h2-10H,1H3,(H,19,20)/b6-5+. The van der Waals surface area contributed by atoms with E-state index >= 15 is 0 Å². The molecule has 104 valence electrons. The van der Waals surface area contributed by atoms with Gasteiger partial charge in [0.05, 0.1) is 16.8 Å². The van der Waals surface area contributed by atoms with Gasteiger partial charge in [0.1, 0.15) is 0 Å². The molecule has 0 saturated heterocycles. The number of hydrogen-bond donors (Lipinski definition) is 1. The fourth-order valence-electron chi connectivity index (χ4n) is 2.18.